The minimum atomic E-state index is -0.708. The maximum atomic E-state index is 14.6. The molecule has 2 aromatic rings. The van der Waals surface area contributed by atoms with Gasteiger partial charge in [0.1, 0.15) is 11.6 Å². The highest BCUT2D eigenvalue weighted by molar-refractivity contribution is 5.83. The van der Waals surface area contributed by atoms with E-state index < -0.39 is 23.6 Å². The summed E-state index contributed by atoms with van der Waals surface area (Å²) in [5.41, 5.74) is 0.718. The molecule has 0 unspecified atom stereocenters. The first-order chi connectivity index (χ1) is 15.5. The predicted molar refractivity (Wildman–Crippen MR) is 111 cm³/mol. The van der Waals surface area contributed by atoms with E-state index in [9.17, 15) is 23.5 Å². The highest BCUT2D eigenvalue weighted by atomic mass is 19.1. The lowest BCUT2D eigenvalue weighted by atomic mass is 9.88. The van der Waals surface area contributed by atoms with E-state index in [0.717, 1.165) is 23.9 Å². The highest BCUT2D eigenvalue weighted by Gasteiger charge is 2.56. The number of amides is 1. The highest BCUT2D eigenvalue weighted by Crippen LogP contribution is 2.50. The Labute approximate surface area is 183 Å². The Bertz CT molecular complexity index is 1090. The number of carbonyl (C=O) groups is 1. The number of morpholine rings is 1. The second kappa shape index (κ2) is 8.38. The fraction of sp³-hybridized carbons (Fsp3) is 0.478. The molecule has 4 heterocycles. The fourth-order valence-electron chi connectivity index (χ4n) is 5.55. The van der Waals surface area contributed by atoms with Crippen LogP contribution < -0.4 is 5.56 Å². The van der Waals surface area contributed by atoms with Gasteiger partial charge in [-0.25, -0.2) is 8.78 Å². The molecule has 0 saturated carbocycles. The van der Waals surface area contributed by atoms with Gasteiger partial charge in [0.25, 0.3) is 5.56 Å². The lowest BCUT2D eigenvalue weighted by Crippen LogP contribution is -2.52. The number of aliphatic hydroxyl groups is 1. The smallest absolute Gasteiger partial charge is 0.250 e. The number of aliphatic hydroxyl groups excluding tert-OH is 1. The van der Waals surface area contributed by atoms with Crippen molar-refractivity contribution >= 4 is 5.91 Å². The molecule has 1 N–H and O–H groups in total. The Morgan fingerprint density at radius 1 is 1.16 bits per heavy atom. The molecule has 170 valence electrons. The number of rotatable bonds is 4. The van der Waals surface area contributed by atoms with Crippen molar-refractivity contribution in [3.05, 3.63) is 69.6 Å². The summed E-state index contributed by atoms with van der Waals surface area (Å²) in [6.45, 7) is 1.89. The third-order valence-corrected chi connectivity index (χ3v) is 7.00. The maximum Gasteiger partial charge on any atom is 0.250 e. The van der Waals surface area contributed by atoms with Crippen LogP contribution in [0.2, 0.25) is 0 Å². The zero-order chi connectivity index (χ0) is 22.4. The number of benzene rings is 1. The summed E-state index contributed by atoms with van der Waals surface area (Å²) in [6, 6.07) is 7.18. The Hall–Kier alpha value is -2.62. The summed E-state index contributed by atoms with van der Waals surface area (Å²) in [7, 11) is 0. The van der Waals surface area contributed by atoms with E-state index in [1.807, 2.05) is 11.0 Å². The Morgan fingerprint density at radius 2 is 1.94 bits per heavy atom. The van der Waals surface area contributed by atoms with Crippen LogP contribution in [-0.4, -0.2) is 64.3 Å². The van der Waals surface area contributed by atoms with Gasteiger partial charge in [-0.1, -0.05) is 6.07 Å². The largest absolute Gasteiger partial charge is 0.396 e. The average Bonchev–Trinajstić information content (AvgIpc) is 3.32. The molecule has 7 nitrogen and oxygen atoms in total. The molecule has 0 spiro atoms. The van der Waals surface area contributed by atoms with E-state index in [0.29, 0.717) is 32.8 Å². The molecular weight excluding hydrogens is 420 g/mol. The monoisotopic (exact) mass is 445 g/mol. The van der Waals surface area contributed by atoms with Crippen LogP contribution in [0.5, 0.6) is 0 Å². The van der Waals surface area contributed by atoms with Gasteiger partial charge in [-0.05, 0) is 24.3 Å². The maximum absolute atomic E-state index is 14.6. The van der Waals surface area contributed by atoms with Crippen molar-refractivity contribution in [2.75, 3.05) is 32.9 Å². The predicted octanol–water partition coefficient (Wildman–Crippen LogP) is 1.15. The molecule has 9 heteroatoms. The molecule has 0 bridgehead atoms. The van der Waals surface area contributed by atoms with Crippen molar-refractivity contribution in [1.29, 1.82) is 0 Å². The Morgan fingerprint density at radius 3 is 2.69 bits per heavy atom. The number of ether oxygens (including phenoxy) is 1. The van der Waals surface area contributed by atoms with Crippen LogP contribution in [0.25, 0.3) is 0 Å². The first-order valence-electron chi connectivity index (χ1n) is 10.9. The average molecular weight is 445 g/mol. The van der Waals surface area contributed by atoms with Gasteiger partial charge in [0.15, 0.2) is 0 Å². The summed E-state index contributed by atoms with van der Waals surface area (Å²) >= 11 is 0. The second-order valence-electron chi connectivity index (χ2n) is 8.65. The van der Waals surface area contributed by atoms with Crippen molar-refractivity contribution < 1.29 is 23.4 Å². The molecule has 2 saturated heterocycles. The number of fused-ring (bicyclic) bond motifs is 3. The molecule has 3 aliphatic rings. The molecule has 1 amide bonds. The van der Waals surface area contributed by atoms with Gasteiger partial charge in [-0.15, -0.1) is 0 Å². The molecule has 32 heavy (non-hydrogen) atoms. The van der Waals surface area contributed by atoms with E-state index in [1.54, 1.807) is 15.5 Å². The molecule has 5 rings (SSSR count). The van der Waals surface area contributed by atoms with Gasteiger partial charge in [0.05, 0.1) is 25.3 Å². The third kappa shape index (κ3) is 3.44. The molecule has 4 atom stereocenters. The van der Waals surface area contributed by atoms with Crippen LogP contribution in [-0.2, 0) is 22.6 Å². The van der Waals surface area contributed by atoms with Crippen LogP contribution >= 0.6 is 0 Å². The van der Waals surface area contributed by atoms with E-state index in [-0.39, 0.29) is 42.1 Å². The number of likely N-dealkylation sites (tertiary alicyclic amines) is 1. The van der Waals surface area contributed by atoms with Crippen LogP contribution in [0.1, 0.15) is 17.3 Å². The number of hydrogen-bond donors (Lipinski definition) is 1. The third-order valence-electron chi connectivity index (χ3n) is 7.00. The second-order valence-corrected chi connectivity index (χ2v) is 8.65. The lowest BCUT2D eigenvalue weighted by molar-refractivity contribution is -0.142. The number of carbonyl (C=O) groups excluding carboxylic acids is 1. The topological polar surface area (TPSA) is 75.0 Å². The van der Waals surface area contributed by atoms with Gasteiger partial charge < -0.3 is 19.3 Å². The molecule has 0 radical (unpaired) electrons. The number of pyridine rings is 1. The van der Waals surface area contributed by atoms with Crippen LogP contribution in [0.15, 0.2) is 41.2 Å². The zero-order valence-electron chi connectivity index (χ0n) is 17.5. The first kappa shape index (κ1) is 21.2. The van der Waals surface area contributed by atoms with E-state index in [1.165, 1.54) is 6.07 Å². The Kier molecular flexibility index (Phi) is 5.56. The Balaban J connectivity index is 1.58. The van der Waals surface area contributed by atoms with Crippen LogP contribution in [0, 0.1) is 23.5 Å². The normalized spacial score (nSPS) is 27.4. The van der Waals surface area contributed by atoms with Gasteiger partial charge in [0, 0.05) is 61.9 Å². The van der Waals surface area contributed by atoms with Crippen LogP contribution in [0.4, 0.5) is 8.78 Å². The summed E-state index contributed by atoms with van der Waals surface area (Å²) in [5.74, 6) is -1.90. The molecule has 2 fully saturated rings. The lowest BCUT2D eigenvalue weighted by Gasteiger charge is -2.36. The van der Waals surface area contributed by atoms with E-state index in [4.69, 9.17) is 4.74 Å². The zero-order valence-corrected chi connectivity index (χ0v) is 17.5. The van der Waals surface area contributed by atoms with Gasteiger partial charge in [0.2, 0.25) is 5.91 Å². The molecule has 3 aliphatic heterocycles. The summed E-state index contributed by atoms with van der Waals surface area (Å²) in [6.07, 6.45) is 0. The van der Waals surface area contributed by atoms with E-state index in [2.05, 4.69) is 0 Å². The van der Waals surface area contributed by atoms with Gasteiger partial charge in [-0.2, -0.15) is 0 Å². The standard InChI is InChI=1S/C23H25F2N3O4/c24-15-4-5-18(25)14(10-15)11-28-21-16(12-27-19(21)2-1-3-20(27)30)17(13-29)22(28)23(31)26-6-8-32-9-7-26/h1-5,10,16-17,21-22,29H,6-9,11-13H2/t16-,17-,21+,22-/m0/s1. The van der Waals surface area contributed by atoms with Crippen molar-refractivity contribution in [3.8, 4) is 0 Å². The summed E-state index contributed by atoms with van der Waals surface area (Å²) in [4.78, 5) is 29.6. The quantitative estimate of drug-likeness (QED) is 0.764. The fourth-order valence-corrected chi connectivity index (χ4v) is 5.55. The van der Waals surface area contributed by atoms with E-state index >= 15 is 0 Å². The van der Waals surface area contributed by atoms with Crippen molar-refractivity contribution in [3.63, 3.8) is 0 Å². The minimum Gasteiger partial charge on any atom is -0.396 e. The molecule has 1 aromatic heterocycles. The number of aromatic nitrogens is 1. The van der Waals surface area contributed by atoms with Crippen molar-refractivity contribution in [1.82, 2.24) is 14.4 Å². The summed E-state index contributed by atoms with van der Waals surface area (Å²) in [5, 5.41) is 10.3. The minimum absolute atomic E-state index is 0.00884. The molecular formula is C23H25F2N3O4. The van der Waals surface area contributed by atoms with Crippen LogP contribution in [0.3, 0.4) is 0 Å². The van der Waals surface area contributed by atoms with Crippen molar-refractivity contribution in [2.45, 2.75) is 25.2 Å². The SMILES string of the molecule is O=C([C@@H]1[C@@H](CO)[C@@H]2Cn3c(cccc3=O)[C@@H]2N1Cc1cc(F)ccc1F)N1CCOCC1. The molecule has 1 aromatic carbocycles. The van der Waals surface area contributed by atoms with Crippen molar-refractivity contribution in [2.24, 2.45) is 11.8 Å². The van der Waals surface area contributed by atoms with Gasteiger partial charge in [-0.3, -0.25) is 14.5 Å². The molecule has 0 aliphatic carbocycles. The van der Waals surface area contributed by atoms with Gasteiger partial charge >= 0.3 is 0 Å². The number of hydrogen-bond acceptors (Lipinski definition) is 5. The first-order valence-corrected chi connectivity index (χ1v) is 10.9. The number of halogens is 2. The summed E-state index contributed by atoms with van der Waals surface area (Å²) < 4.78 is 35.5. The number of nitrogens with zero attached hydrogens (tertiary/aromatic N) is 3.